The van der Waals surface area contributed by atoms with E-state index in [0.717, 1.165) is 22.6 Å². The van der Waals surface area contributed by atoms with Crippen LogP contribution < -0.4 is 11.2 Å². The summed E-state index contributed by atoms with van der Waals surface area (Å²) in [6, 6.07) is 8.35. The highest BCUT2D eigenvalue weighted by Gasteiger charge is 2.12. The predicted octanol–water partition coefficient (Wildman–Crippen LogP) is 1.88. The number of urea groups is 1. The Morgan fingerprint density at radius 1 is 1.30 bits per heavy atom. The van der Waals surface area contributed by atoms with Gasteiger partial charge in [0.05, 0.1) is 18.9 Å². The van der Waals surface area contributed by atoms with Crippen molar-refractivity contribution in [2.75, 3.05) is 7.11 Å². The highest BCUT2D eigenvalue weighted by molar-refractivity contribution is 5.90. The van der Waals surface area contributed by atoms with Crippen LogP contribution in [0, 0.1) is 13.8 Å². The molecule has 1 heterocycles. The second-order valence-electron chi connectivity index (χ2n) is 4.94. The minimum absolute atomic E-state index is 0.387. The summed E-state index contributed by atoms with van der Waals surface area (Å²) in [5, 5.41) is 3.77. The van der Waals surface area contributed by atoms with Gasteiger partial charge in [0.2, 0.25) is 0 Å². The average Bonchev–Trinajstić information content (AvgIpc) is 2.80. The Morgan fingerprint density at radius 3 is 2.70 bits per heavy atom. The molecule has 0 saturated heterocycles. The molecule has 0 atom stereocenters. The third kappa shape index (κ3) is 3.57. The smallest absolute Gasteiger partial charge is 0.337 e. The van der Waals surface area contributed by atoms with Crippen LogP contribution in [0.4, 0.5) is 4.79 Å². The van der Waals surface area contributed by atoms with Crippen LogP contribution >= 0.6 is 0 Å². The molecule has 0 fully saturated rings. The van der Waals surface area contributed by atoms with Gasteiger partial charge >= 0.3 is 12.0 Å². The van der Waals surface area contributed by atoms with Crippen molar-refractivity contribution < 1.29 is 14.3 Å². The van der Waals surface area contributed by atoms with Crippen LogP contribution in [0.15, 0.2) is 35.4 Å². The summed E-state index contributed by atoms with van der Waals surface area (Å²) in [6.07, 6.45) is 1.52. The monoisotopic (exact) mass is 314 g/mol. The van der Waals surface area contributed by atoms with E-state index in [2.05, 4.69) is 10.5 Å². The van der Waals surface area contributed by atoms with Gasteiger partial charge in [-0.15, -0.1) is 0 Å². The van der Waals surface area contributed by atoms with Crippen molar-refractivity contribution in [1.29, 1.82) is 0 Å². The van der Waals surface area contributed by atoms with Crippen LogP contribution in [0.3, 0.4) is 0 Å². The van der Waals surface area contributed by atoms with Gasteiger partial charge in [0.15, 0.2) is 0 Å². The van der Waals surface area contributed by atoms with Crippen LogP contribution in [-0.2, 0) is 4.74 Å². The Balaban J connectivity index is 2.41. The molecule has 1 aromatic carbocycles. The molecule has 0 aliphatic carbocycles. The van der Waals surface area contributed by atoms with Gasteiger partial charge in [0, 0.05) is 22.6 Å². The van der Waals surface area contributed by atoms with Gasteiger partial charge in [-0.2, -0.15) is 5.10 Å². The zero-order valence-electron chi connectivity index (χ0n) is 13.2. The number of nitrogens with zero attached hydrogens (tertiary/aromatic N) is 2. The number of carbonyl (C=O) groups is 2. The fourth-order valence-electron chi connectivity index (χ4n) is 2.37. The standard InChI is InChI=1S/C16H18N4O3/c1-10-7-13(9-18-19-16(17)22)11(2)20(10)14-6-4-5-12(8-14)15(21)23-3/h4-9H,1-3H3,(H3,17,19,22)/b18-9-. The normalized spacial score (nSPS) is 10.7. The zero-order valence-corrected chi connectivity index (χ0v) is 13.2. The molecule has 2 rings (SSSR count). The van der Waals surface area contributed by atoms with Gasteiger partial charge in [0.1, 0.15) is 0 Å². The van der Waals surface area contributed by atoms with Gasteiger partial charge in [0.25, 0.3) is 0 Å². The number of hydrogen-bond acceptors (Lipinski definition) is 4. The van der Waals surface area contributed by atoms with Gasteiger partial charge in [-0.05, 0) is 38.1 Å². The Labute approximate surface area is 133 Å². The molecule has 2 amide bonds. The van der Waals surface area contributed by atoms with E-state index < -0.39 is 6.03 Å². The summed E-state index contributed by atoms with van der Waals surface area (Å²) in [5.74, 6) is -0.387. The molecule has 0 saturated carbocycles. The van der Waals surface area contributed by atoms with Gasteiger partial charge in [-0.25, -0.2) is 15.0 Å². The number of hydrogen-bond donors (Lipinski definition) is 2. The van der Waals surface area contributed by atoms with Crippen LogP contribution in [0.5, 0.6) is 0 Å². The number of benzene rings is 1. The number of hydrazone groups is 1. The highest BCUT2D eigenvalue weighted by atomic mass is 16.5. The maximum absolute atomic E-state index is 11.7. The van der Waals surface area contributed by atoms with E-state index >= 15 is 0 Å². The van der Waals surface area contributed by atoms with Crippen LogP contribution in [0.2, 0.25) is 0 Å². The van der Waals surface area contributed by atoms with Crippen molar-refractivity contribution >= 4 is 18.2 Å². The van der Waals surface area contributed by atoms with Crippen LogP contribution in [-0.4, -0.2) is 29.9 Å². The zero-order chi connectivity index (χ0) is 17.0. The van der Waals surface area contributed by atoms with Crippen LogP contribution in [0.25, 0.3) is 5.69 Å². The molecule has 7 heteroatoms. The molecule has 120 valence electrons. The fourth-order valence-corrected chi connectivity index (χ4v) is 2.37. The second kappa shape index (κ2) is 6.78. The number of aromatic nitrogens is 1. The van der Waals surface area contributed by atoms with Crippen molar-refractivity contribution in [2.45, 2.75) is 13.8 Å². The number of ether oxygens (including phenoxy) is 1. The van der Waals surface area contributed by atoms with Crippen molar-refractivity contribution in [2.24, 2.45) is 10.8 Å². The maximum Gasteiger partial charge on any atom is 0.337 e. The Morgan fingerprint density at radius 2 is 2.04 bits per heavy atom. The summed E-state index contributed by atoms with van der Waals surface area (Å²) in [7, 11) is 1.35. The lowest BCUT2D eigenvalue weighted by Gasteiger charge is -2.10. The van der Waals surface area contributed by atoms with Crippen molar-refractivity contribution in [3.05, 3.63) is 52.8 Å². The summed E-state index contributed by atoms with van der Waals surface area (Å²) in [5.41, 5.74) is 11.2. The lowest BCUT2D eigenvalue weighted by Crippen LogP contribution is -2.24. The average molecular weight is 314 g/mol. The first-order chi connectivity index (χ1) is 10.9. The number of rotatable bonds is 4. The maximum atomic E-state index is 11.7. The van der Waals surface area contributed by atoms with E-state index in [1.165, 1.54) is 13.3 Å². The molecule has 7 nitrogen and oxygen atoms in total. The largest absolute Gasteiger partial charge is 0.465 e. The lowest BCUT2D eigenvalue weighted by molar-refractivity contribution is 0.0600. The molecule has 23 heavy (non-hydrogen) atoms. The first-order valence-corrected chi connectivity index (χ1v) is 6.90. The third-order valence-corrected chi connectivity index (χ3v) is 3.37. The number of amides is 2. The second-order valence-corrected chi connectivity index (χ2v) is 4.94. The number of esters is 1. The third-order valence-electron chi connectivity index (χ3n) is 3.37. The molecule has 2 aromatic rings. The van der Waals surface area contributed by atoms with E-state index in [-0.39, 0.29) is 5.97 Å². The Hall–Kier alpha value is -3.09. The number of primary amides is 1. The van der Waals surface area contributed by atoms with E-state index in [1.807, 2.05) is 30.5 Å². The van der Waals surface area contributed by atoms with Gasteiger partial charge in [-0.3, -0.25) is 0 Å². The van der Waals surface area contributed by atoms with Gasteiger partial charge < -0.3 is 15.0 Å². The van der Waals surface area contributed by atoms with E-state index in [1.54, 1.807) is 18.2 Å². The molecule has 0 aliphatic rings. The number of nitrogens with two attached hydrogens (primary N) is 1. The van der Waals surface area contributed by atoms with E-state index in [9.17, 15) is 9.59 Å². The first kappa shape index (κ1) is 16.3. The topological polar surface area (TPSA) is 98.7 Å². The molecule has 3 N–H and O–H groups in total. The molecule has 0 spiro atoms. The molecule has 0 bridgehead atoms. The number of nitrogens with one attached hydrogen (secondary N) is 1. The van der Waals surface area contributed by atoms with E-state index in [0.29, 0.717) is 5.56 Å². The van der Waals surface area contributed by atoms with Gasteiger partial charge in [-0.1, -0.05) is 6.07 Å². The number of aryl methyl sites for hydroxylation is 1. The summed E-state index contributed by atoms with van der Waals surface area (Å²) < 4.78 is 6.73. The molecular weight excluding hydrogens is 296 g/mol. The Kier molecular flexibility index (Phi) is 4.80. The fraction of sp³-hybridized carbons (Fsp3) is 0.188. The SMILES string of the molecule is COC(=O)c1cccc(-n2c(C)cc(/C=N\NC(N)=O)c2C)c1. The summed E-state index contributed by atoms with van der Waals surface area (Å²) in [4.78, 5) is 22.3. The molecule has 0 aliphatic heterocycles. The number of methoxy groups -OCH3 is 1. The minimum Gasteiger partial charge on any atom is -0.465 e. The van der Waals surface area contributed by atoms with Crippen molar-refractivity contribution in [1.82, 2.24) is 9.99 Å². The summed E-state index contributed by atoms with van der Waals surface area (Å²) >= 11 is 0. The predicted molar refractivity (Wildman–Crippen MR) is 86.9 cm³/mol. The molecule has 1 aromatic heterocycles. The quantitative estimate of drug-likeness (QED) is 0.512. The highest BCUT2D eigenvalue weighted by Crippen LogP contribution is 2.21. The van der Waals surface area contributed by atoms with Crippen molar-refractivity contribution in [3.8, 4) is 5.69 Å². The number of carbonyl (C=O) groups excluding carboxylic acids is 2. The molecule has 0 radical (unpaired) electrons. The molecule has 0 unspecified atom stereocenters. The molecular formula is C16H18N4O3. The summed E-state index contributed by atoms with van der Waals surface area (Å²) in [6.45, 7) is 3.86. The first-order valence-electron chi connectivity index (χ1n) is 6.90. The van der Waals surface area contributed by atoms with Crippen LogP contribution in [0.1, 0.15) is 27.3 Å². The van der Waals surface area contributed by atoms with E-state index in [4.69, 9.17) is 10.5 Å². The Bertz CT molecular complexity index is 778. The lowest BCUT2D eigenvalue weighted by atomic mass is 10.2. The van der Waals surface area contributed by atoms with Crippen molar-refractivity contribution in [3.63, 3.8) is 0 Å². The minimum atomic E-state index is -0.721.